The minimum atomic E-state index is -0.0349. The third-order valence-electron chi connectivity index (χ3n) is 5.55. The number of nitrogens with one attached hydrogen (secondary N) is 1. The first-order chi connectivity index (χ1) is 15.3. The molecule has 1 N–H and O–H groups in total. The second-order valence-electron chi connectivity index (χ2n) is 7.42. The van der Waals surface area contributed by atoms with Crippen molar-refractivity contribution in [1.82, 2.24) is 15.0 Å². The number of carbonyl (C=O) groups is 1. The molecule has 6 rings (SSSR count). The zero-order chi connectivity index (χ0) is 20.8. The van der Waals surface area contributed by atoms with Crippen LogP contribution in [0.1, 0.15) is 15.9 Å². The largest absolute Gasteiger partial charge is 0.450 e. The van der Waals surface area contributed by atoms with Gasteiger partial charge in [0.25, 0.3) is 5.91 Å². The number of carbonyl (C=O) groups excluding carboxylic acids is 1. The van der Waals surface area contributed by atoms with E-state index in [9.17, 15) is 4.79 Å². The van der Waals surface area contributed by atoms with E-state index in [-0.39, 0.29) is 5.91 Å². The van der Waals surface area contributed by atoms with Gasteiger partial charge in [-0.1, -0.05) is 12.1 Å². The van der Waals surface area contributed by atoms with Gasteiger partial charge in [0, 0.05) is 35.7 Å². The Bertz CT molecular complexity index is 1440. The number of hydrogen-bond donors (Lipinski definition) is 1. The van der Waals surface area contributed by atoms with Gasteiger partial charge in [-0.25, -0.2) is 9.97 Å². The lowest BCUT2D eigenvalue weighted by Crippen LogP contribution is -2.28. The van der Waals surface area contributed by atoms with E-state index in [2.05, 4.69) is 26.3 Å². The molecule has 3 aromatic heterocycles. The third kappa shape index (κ3) is 2.90. The highest BCUT2D eigenvalue weighted by Crippen LogP contribution is 2.35. The maximum Gasteiger partial charge on any atom is 0.259 e. The molecule has 1 aliphatic rings. The van der Waals surface area contributed by atoms with Crippen LogP contribution in [0.25, 0.3) is 22.1 Å². The van der Waals surface area contributed by atoms with Crippen LogP contribution in [0.4, 0.5) is 17.2 Å². The summed E-state index contributed by atoms with van der Waals surface area (Å²) in [6.45, 7) is 0.647. The zero-order valence-electron chi connectivity index (χ0n) is 16.4. The van der Waals surface area contributed by atoms with Gasteiger partial charge in [-0.2, -0.15) is 0 Å². The summed E-state index contributed by atoms with van der Waals surface area (Å²) >= 11 is 0. The van der Waals surface area contributed by atoms with Crippen LogP contribution in [0.15, 0.2) is 77.7 Å². The molecule has 0 fully saturated rings. The Morgan fingerprint density at radius 1 is 1.06 bits per heavy atom. The van der Waals surface area contributed by atoms with Gasteiger partial charge in [0.05, 0.1) is 5.56 Å². The van der Waals surface area contributed by atoms with Gasteiger partial charge in [0.2, 0.25) is 0 Å². The number of pyridine rings is 1. The molecule has 150 valence electrons. The number of anilines is 3. The van der Waals surface area contributed by atoms with Crippen molar-refractivity contribution in [3.05, 3.63) is 84.4 Å². The summed E-state index contributed by atoms with van der Waals surface area (Å²) in [5.41, 5.74) is 5.69. The summed E-state index contributed by atoms with van der Waals surface area (Å²) < 4.78 is 6.00. The smallest absolute Gasteiger partial charge is 0.259 e. The molecule has 2 aromatic carbocycles. The first kappa shape index (κ1) is 17.6. The molecule has 7 nitrogen and oxygen atoms in total. The number of benzene rings is 2. The molecular formula is C24H17N5O2. The Labute approximate surface area is 177 Å². The molecule has 0 atom stereocenters. The Morgan fingerprint density at radius 3 is 2.90 bits per heavy atom. The quantitative estimate of drug-likeness (QED) is 0.466. The second-order valence-corrected chi connectivity index (χ2v) is 7.42. The molecule has 0 radical (unpaired) electrons. The predicted molar refractivity (Wildman–Crippen MR) is 119 cm³/mol. The standard InChI is InChI=1S/C24H17N5O2/c30-24(16-4-3-10-25-13-16)29-11-9-15-12-17(7-8-19(15)29)28-23-22-21(26-14-27-23)18-5-1-2-6-20(18)31-22/h1-8,10,12-14H,9,11H2,(H,26,27,28). The van der Waals surface area contributed by atoms with Gasteiger partial charge in [-0.3, -0.25) is 9.78 Å². The molecule has 7 heteroatoms. The molecule has 0 saturated heterocycles. The highest BCUT2D eigenvalue weighted by molar-refractivity contribution is 6.07. The van der Waals surface area contributed by atoms with Crippen molar-refractivity contribution in [3.63, 3.8) is 0 Å². The van der Waals surface area contributed by atoms with Crippen LogP contribution in [0, 0.1) is 0 Å². The zero-order valence-corrected chi connectivity index (χ0v) is 16.4. The van der Waals surface area contributed by atoms with Crippen molar-refractivity contribution in [2.24, 2.45) is 0 Å². The van der Waals surface area contributed by atoms with Gasteiger partial charge < -0.3 is 14.6 Å². The van der Waals surface area contributed by atoms with E-state index in [0.29, 0.717) is 23.5 Å². The van der Waals surface area contributed by atoms with Crippen molar-refractivity contribution >= 4 is 45.2 Å². The molecule has 0 bridgehead atoms. The molecule has 0 saturated carbocycles. The number of rotatable bonds is 3. The van der Waals surface area contributed by atoms with E-state index in [1.807, 2.05) is 36.4 Å². The molecule has 0 aliphatic carbocycles. The van der Waals surface area contributed by atoms with Crippen LogP contribution >= 0.6 is 0 Å². The fraction of sp³-hybridized carbons (Fsp3) is 0.0833. The maximum absolute atomic E-state index is 12.9. The lowest BCUT2D eigenvalue weighted by atomic mass is 10.1. The van der Waals surface area contributed by atoms with E-state index >= 15 is 0 Å². The molecule has 1 aliphatic heterocycles. The topological polar surface area (TPSA) is 84.2 Å². The number of para-hydroxylation sites is 1. The number of nitrogens with zero attached hydrogens (tertiary/aromatic N) is 4. The number of aromatic nitrogens is 3. The normalized spacial score (nSPS) is 13.0. The van der Waals surface area contributed by atoms with Gasteiger partial charge >= 0.3 is 0 Å². The van der Waals surface area contributed by atoms with Crippen LogP contribution in [0.2, 0.25) is 0 Å². The van der Waals surface area contributed by atoms with Crippen LogP contribution in [0.3, 0.4) is 0 Å². The highest BCUT2D eigenvalue weighted by Gasteiger charge is 2.26. The summed E-state index contributed by atoms with van der Waals surface area (Å²) in [6.07, 6.45) is 5.59. The van der Waals surface area contributed by atoms with Crippen molar-refractivity contribution < 1.29 is 9.21 Å². The van der Waals surface area contributed by atoms with Crippen molar-refractivity contribution in [2.45, 2.75) is 6.42 Å². The van der Waals surface area contributed by atoms with Crippen LogP contribution in [-0.4, -0.2) is 27.4 Å². The first-order valence-corrected chi connectivity index (χ1v) is 10.0. The Hall–Kier alpha value is -4.26. The molecule has 31 heavy (non-hydrogen) atoms. The van der Waals surface area contributed by atoms with Crippen LogP contribution < -0.4 is 10.2 Å². The van der Waals surface area contributed by atoms with Gasteiger partial charge in [-0.05, 0) is 54.4 Å². The summed E-state index contributed by atoms with van der Waals surface area (Å²) in [6, 6.07) is 17.3. The first-order valence-electron chi connectivity index (χ1n) is 10.0. The average Bonchev–Trinajstić information content (AvgIpc) is 3.41. The molecular weight excluding hydrogens is 390 g/mol. The number of furan rings is 1. The molecule has 4 heterocycles. The molecule has 0 unspecified atom stereocenters. The Morgan fingerprint density at radius 2 is 2.00 bits per heavy atom. The minimum absolute atomic E-state index is 0.0349. The monoisotopic (exact) mass is 407 g/mol. The van der Waals surface area contributed by atoms with Crippen molar-refractivity contribution in [3.8, 4) is 0 Å². The molecule has 5 aromatic rings. The van der Waals surface area contributed by atoms with E-state index in [0.717, 1.165) is 39.8 Å². The highest BCUT2D eigenvalue weighted by atomic mass is 16.3. The lowest BCUT2D eigenvalue weighted by molar-refractivity contribution is 0.0989. The van der Waals surface area contributed by atoms with Gasteiger partial charge in [0.1, 0.15) is 17.4 Å². The Kier molecular flexibility index (Phi) is 3.92. The average molecular weight is 407 g/mol. The maximum atomic E-state index is 12.9. The molecule has 0 spiro atoms. The number of amides is 1. The van der Waals surface area contributed by atoms with Crippen LogP contribution in [-0.2, 0) is 6.42 Å². The summed E-state index contributed by atoms with van der Waals surface area (Å²) in [5.74, 6) is 0.579. The third-order valence-corrected chi connectivity index (χ3v) is 5.55. The fourth-order valence-electron chi connectivity index (χ4n) is 4.08. The minimum Gasteiger partial charge on any atom is -0.450 e. The summed E-state index contributed by atoms with van der Waals surface area (Å²) in [4.78, 5) is 27.5. The van der Waals surface area contributed by atoms with Crippen molar-refractivity contribution in [1.29, 1.82) is 0 Å². The lowest BCUT2D eigenvalue weighted by Gasteiger charge is -2.17. The number of hydrogen-bond acceptors (Lipinski definition) is 6. The predicted octanol–water partition coefficient (Wildman–Crippen LogP) is 4.72. The molecule has 1 amide bonds. The summed E-state index contributed by atoms with van der Waals surface area (Å²) in [7, 11) is 0. The number of fused-ring (bicyclic) bond motifs is 4. The van der Waals surface area contributed by atoms with Crippen LogP contribution in [0.5, 0.6) is 0 Å². The SMILES string of the molecule is O=C(c1cccnc1)N1CCc2cc(Nc3ncnc4c3oc3ccccc34)ccc21. The fourth-order valence-corrected chi connectivity index (χ4v) is 4.08. The van der Waals surface area contributed by atoms with E-state index < -0.39 is 0 Å². The van der Waals surface area contributed by atoms with E-state index in [1.54, 1.807) is 29.4 Å². The van der Waals surface area contributed by atoms with E-state index in [1.165, 1.54) is 6.33 Å². The summed E-state index contributed by atoms with van der Waals surface area (Å²) in [5, 5.41) is 4.31. The van der Waals surface area contributed by atoms with Gasteiger partial charge in [0.15, 0.2) is 11.4 Å². The Balaban J connectivity index is 1.32. The van der Waals surface area contributed by atoms with Crippen molar-refractivity contribution in [2.75, 3.05) is 16.8 Å². The second kappa shape index (κ2) is 6.91. The van der Waals surface area contributed by atoms with Gasteiger partial charge in [-0.15, -0.1) is 0 Å². The van der Waals surface area contributed by atoms with E-state index in [4.69, 9.17) is 4.42 Å².